The molecule has 2 N–H and O–H groups in total. The van der Waals surface area contributed by atoms with Crippen LogP contribution in [0.15, 0.2) is 34.8 Å². The number of amides is 1. The third-order valence-corrected chi connectivity index (χ3v) is 3.95. The molecule has 1 amide bonds. The van der Waals surface area contributed by atoms with Crippen LogP contribution in [-0.2, 0) is 4.79 Å². The van der Waals surface area contributed by atoms with E-state index in [1.807, 2.05) is 38.1 Å². The van der Waals surface area contributed by atoms with Crippen molar-refractivity contribution in [2.45, 2.75) is 32.3 Å². The van der Waals surface area contributed by atoms with Crippen molar-refractivity contribution >= 4 is 27.9 Å². The molecule has 19 heavy (non-hydrogen) atoms. The van der Waals surface area contributed by atoms with E-state index < -0.39 is 5.60 Å². The SMILES string of the molecule is CCC(O)(CC)CNC(=O)C=Cc1ccccc1Br. The lowest BCUT2D eigenvalue weighted by Crippen LogP contribution is -2.41. The smallest absolute Gasteiger partial charge is 0.244 e. The molecule has 0 unspecified atom stereocenters. The molecule has 0 saturated heterocycles. The Bertz CT molecular complexity index is 453. The highest BCUT2D eigenvalue weighted by atomic mass is 79.9. The summed E-state index contributed by atoms with van der Waals surface area (Å²) in [6.07, 6.45) is 4.47. The van der Waals surface area contributed by atoms with Gasteiger partial charge in [-0.1, -0.05) is 48.0 Å². The number of benzene rings is 1. The molecule has 0 fully saturated rings. The zero-order chi connectivity index (χ0) is 14.3. The second kappa shape index (κ2) is 7.46. The molecular formula is C15H20BrNO2. The van der Waals surface area contributed by atoms with Crippen LogP contribution in [0.4, 0.5) is 0 Å². The van der Waals surface area contributed by atoms with Gasteiger partial charge in [-0.05, 0) is 30.5 Å². The minimum atomic E-state index is -0.809. The molecular weight excluding hydrogens is 306 g/mol. The van der Waals surface area contributed by atoms with Crippen LogP contribution in [0.5, 0.6) is 0 Å². The maximum absolute atomic E-state index is 11.7. The zero-order valence-corrected chi connectivity index (χ0v) is 12.9. The summed E-state index contributed by atoms with van der Waals surface area (Å²) in [5.74, 6) is -0.198. The Labute approximate surface area is 122 Å². The van der Waals surface area contributed by atoms with Gasteiger partial charge < -0.3 is 10.4 Å². The van der Waals surface area contributed by atoms with Crippen LogP contribution >= 0.6 is 15.9 Å². The summed E-state index contributed by atoms with van der Waals surface area (Å²) in [6.45, 7) is 4.10. The molecule has 0 radical (unpaired) electrons. The van der Waals surface area contributed by atoms with E-state index in [4.69, 9.17) is 0 Å². The van der Waals surface area contributed by atoms with Crippen molar-refractivity contribution in [3.05, 3.63) is 40.4 Å². The van der Waals surface area contributed by atoms with Crippen LogP contribution in [0.1, 0.15) is 32.3 Å². The molecule has 0 atom stereocenters. The van der Waals surface area contributed by atoms with Gasteiger partial charge in [0.2, 0.25) is 5.91 Å². The van der Waals surface area contributed by atoms with Gasteiger partial charge in [-0.2, -0.15) is 0 Å². The van der Waals surface area contributed by atoms with Crippen molar-refractivity contribution in [1.82, 2.24) is 5.32 Å². The first-order chi connectivity index (χ1) is 9.00. The molecule has 3 nitrogen and oxygen atoms in total. The normalized spacial score (nSPS) is 11.8. The van der Waals surface area contributed by atoms with Gasteiger partial charge in [0.1, 0.15) is 0 Å². The van der Waals surface area contributed by atoms with Crippen molar-refractivity contribution in [2.24, 2.45) is 0 Å². The first kappa shape index (κ1) is 15.9. The maximum atomic E-state index is 11.7. The summed E-state index contributed by atoms with van der Waals surface area (Å²) >= 11 is 3.42. The fourth-order valence-electron chi connectivity index (χ4n) is 1.59. The third-order valence-electron chi connectivity index (χ3n) is 3.23. The van der Waals surface area contributed by atoms with Gasteiger partial charge in [-0.3, -0.25) is 4.79 Å². The predicted molar refractivity (Wildman–Crippen MR) is 81.7 cm³/mol. The number of hydrogen-bond donors (Lipinski definition) is 2. The molecule has 0 saturated carbocycles. The monoisotopic (exact) mass is 325 g/mol. The minimum absolute atomic E-state index is 0.198. The molecule has 0 aliphatic carbocycles. The molecule has 0 bridgehead atoms. The molecule has 0 heterocycles. The van der Waals surface area contributed by atoms with Crippen molar-refractivity contribution in [3.8, 4) is 0 Å². The van der Waals surface area contributed by atoms with E-state index in [-0.39, 0.29) is 12.5 Å². The Morgan fingerprint density at radius 1 is 1.37 bits per heavy atom. The number of carbonyl (C=O) groups excluding carboxylic acids is 1. The van der Waals surface area contributed by atoms with Crippen LogP contribution in [0.25, 0.3) is 6.08 Å². The quantitative estimate of drug-likeness (QED) is 0.789. The van der Waals surface area contributed by atoms with E-state index in [1.165, 1.54) is 6.08 Å². The van der Waals surface area contributed by atoms with E-state index in [2.05, 4.69) is 21.2 Å². The number of hydrogen-bond acceptors (Lipinski definition) is 2. The summed E-state index contributed by atoms with van der Waals surface area (Å²) < 4.78 is 0.942. The Kier molecular flexibility index (Phi) is 6.25. The number of halogens is 1. The molecule has 1 rings (SSSR count). The summed E-state index contributed by atoms with van der Waals surface area (Å²) in [5.41, 5.74) is 0.135. The van der Waals surface area contributed by atoms with Gasteiger partial charge in [-0.15, -0.1) is 0 Å². The van der Waals surface area contributed by atoms with Crippen LogP contribution in [0.2, 0.25) is 0 Å². The Morgan fingerprint density at radius 3 is 2.58 bits per heavy atom. The Morgan fingerprint density at radius 2 is 2.00 bits per heavy atom. The standard InChI is InChI=1S/C15H20BrNO2/c1-3-15(19,4-2)11-17-14(18)10-9-12-7-5-6-8-13(12)16/h5-10,19H,3-4,11H2,1-2H3,(H,17,18). The molecule has 0 spiro atoms. The fourth-order valence-corrected chi connectivity index (χ4v) is 2.00. The highest BCUT2D eigenvalue weighted by Gasteiger charge is 2.22. The average Bonchev–Trinajstić information content (AvgIpc) is 2.44. The van der Waals surface area contributed by atoms with Crippen LogP contribution in [0, 0.1) is 0 Å². The van der Waals surface area contributed by atoms with E-state index >= 15 is 0 Å². The molecule has 104 valence electrons. The van der Waals surface area contributed by atoms with Gasteiger partial charge in [0, 0.05) is 17.1 Å². The topological polar surface area (TPSA) is 49.3 Å². The van der Waals surface area contributed by atoms with Crippen molar-refractivity contribution in [3.63, 3.8) is 0 Å². The van der Waals surface area contributed by atoms with E-state index in [0.717, 1.165) is 10.0 Å². The number of aliphatic hydroxyl groups is 1. The van der Waals surface area contributed by atoms with Gasteiger partial charge in [0.25, 0.3) is 0 Å². The Hall–Kier alpha value is -1.13. The molecule has 1 aromatic rings. The van der Waals surface area contributed by atoms with Crippen LogP contribution in [0.3, 0.4) is 0 Å². The number of rotatable bonds is 6. The van der Waals surface area contributed by atoms with Crippen molar-refractivity contribution in [2.75, 3.05) is 6.54 Å². The average molecular weight is 326 g/mol. The number of carbonyl (C=O) groups is 1. The Balaban J connectivity index is 2.55. The molecule has 0 aliphatic heterocycles. The highest BCUT2D eigenvalue weighted by Crippen LogP contribution is 2.17. The van der Waals surface area contributed by atoms with E-state index in [0.29, 0.717) is 12.8 Å². The van der Waals surface area contributed by atoms with Gasteiger partial charge in [0.15, 0.2) is 0 Å². The summed E-state index contributed by atoms with van der Waals surface area (Å²) in [5, 5.41) is 12.8. The van der Waals surface area contributed by atoms with E-state index in [1.54, 1.807) is 6.08 Å². The summed E-state index contributed by atoms with van der Waals surface area (Å²) in [4.78, 5) is 11.7. The molecule has 0 aliphatic rings. The van der Waals surface area contributed by atoms with Gasteiger partial charge in [0.05, 0.1) is 5.60 Å². The maximum Gasteiger partial charge on any atom is 0.244 e. The fraction of sp³-hybridized carbons (Fsp3) is 0.400. The first-order valence-corrected chi connectivity index (χ1v) is 7.23. The van der Waals surface area contributed by atoms with E-state index in [9.17, 15) is 9.90 Å². The third kappa shape index (κ3) is 5.17. The lowest BCUT2D eigenvalue weighted by Gasteiger charge is -2.24. The molecule has 4 heteroatoms. The van der Waals surface area contributed by atoms with Crippen LogP contribution in [-0.4, -0.2) is 23.2 Å². The second-order valence-electron chi connectivity index (χ2n) is 4.50. The second-order valence-corrected chi connectivity index (χ2v) is 5.36. The first-order valence-electron chi connectivity index (χ1n) is 6.43. The molecule has 0 aromatic heterocycles. The lowest BCUT2D eigenvalue weighted by molar-refractivity contribution is -0.117. The molecule has 1 aromatic carbocycles. The van der Waals surface area contributed by atoms with Crippen molar-refractivity contribution in [1.29, 1.82) is 0 Å². The van der Waals surface area contributed by atoms with Crippen LogP contribution < -0.4 is 5.32 Å². The highest BCUT2D eigenvalue weighted by molar-refractivity contribution is 9.10. The minimum Gasteiger partial charge on any atom is -0.388 e. The largest absolute Gasteiger partial charge is 0.388 e. The predicted octanol–water partition coefficient (Wildman–Crippen LogP) is 3.13. The van der Waals surface area contributed by atoms with Gasteiger partial charge in [-0.25, -0.2) is 0 Å². The number of nitrogens with one attached hydrogen (secondary N) is 1. The lowest BCUT2D eigenvalue weighted by atomic mass is 9.98. The zero-order valence-electron chi connectivity index (χ0n) is 11.3. The van der Waals surface area contributed by atoms with Crippen molar-refractivity contribution < 1.29 is 9.90 Å². The van der Waals surface area contributed by atoms with Gasteiger partial charge >= 0.3 is 0 Å². The summed E-state index contributed by atoms with van der Waals surface area (Å²) in [7, 11) is 0. The summed E-state index contributed by atoms with van der Waals surface area (Å²) in [6, 6.07) is 7.67.